The maximum absolute atomic E-state index is 13.9. The number of amidine groups is 1. The first-order chi connectivity index (χ1) is 18.3. The second-order valence-electron chi connectivity index (χ2n) is 10.8. The van der Waals surface area contributed by atoms with Gasteiger partial charge in [0.2, 0.25) is 11.8 Å². The summed E-state index contributed by atoms with van der Waals surface area (Å²) >= 11 is 0. The van der Waals surface area contributed by atoms with Crippen molar-refractivity contribution in [3.8, 4) is 17.1 Å². The number of aromatic nitrogens is 3. The SMILES string of the molecule is C=C1/C=C(/C)CCC(C)C(N2CCC3(CC2)NCCN(Cc2nn(C)cc2-c2cccc(OC)n2)C3=O)=N1. The number of amides is 1. The van der Waals surface area contributed by atoms with E-state index in [9.17, 15) is 4.79 Å². The fraction of sp³-hybridized carbons (Fsp3) is 0.517. The first-order valence-corrected chi connectivity index (χ1v) is 13.6. The first kappa shape index (κ1) is 26.2. The summed E-state index contributed by atoms with van der Waals surface area (Å²) in [6, 6.07) is 5.70. The van der Waals surface area contributed by atoms with Gasteiger partial charge in [0.05, 0.1) is 30.7 Å². The van der Waals surface area contributed by atoms with Crippen LogP contribution in [0.25, 0.3) is 11.3 Å². The van der Waals surface area contributed by atoms with Crippen LogP contribution in [0.2, 0.25) is 0 Å². The highest BCUT2D eigenvalue weighted by Crippen LogP contribution is 2.31. The molecule has 9 heteroatoms. The van der Waals surface area contributed by atoms with E-state index in [1.807, 2.05) is 36.3 Å². The lowest BCUT2D eigenvalue weighted by Gasteiger charge is -2.48. The highest BCUT2D eigenvalue weighted by Gasteiger charge is 2.46. The second kappa shape index (κ2) is 10.7. The minimum absolute atomic E-state index is 0.161. The topological polar surface area (TPSA) is 87.9 Å². The van der Waals surface area contributed by atoms with Crippen molar-refractivity contribution in [1.82, 2.24) is 29.9 Å². The Morgan fingerprint density at radius 2 is 2.03 bits per heavy atom. The minimum atomic E-state index is -0.545. The van der Waals surface area contributed by atoms with Crippen LogP contribution in [0, 0.1) is 5.92 Å². The van der Waals surface area contributed by atoms with E-state index >= 15 is 0 Å². The molecule has 2 aromatic heterocycles. The predicted molar refractivity (Wildman–Crippen MR) is 149 cm³/mol. The number of aliphatic imine (C=N–C) groups is 1. The van der Waals surface area contributed by atoms with Crippen LogP contribution in [0.5, 0.6) is 5.88 Å². The number of methoxy groups -OCH3 is 1. The van der Waals surface area contributed by atoms with Gasteiger partial charge in [-0.1, -0.05) is 25.1 Å². The van der Waals surface area contributed by atoms with Crippen LogP contribution >= 0.6 is 0 Å². The number of aryl methyl sites for hydroxylation is 1. The van der Waals surface area contributed by atoms with Crippen LogP contribution in [-0.4, -0.2) is 75.1 Å². The van der Waals surface area contributed by atoms with Crippen molar-refractivity contribution in [2.24, 2.45) is 18.0 Å². The molecule has 1 atom stereocenters. The molecule has 1 spiro atoms. The third kappa shape index (κ3) is 5.25. The number of nitrogens with zero attached hydrogens (tertiary/aromatic N) is 6. The van der Waals surface area contributed by atoms with Gasteiger partial charge in [-0.25, -0.2) is 9.98 Å². The number of likely N-dealkylation sites (tertiary alicyclic amines) is 1. The molecule has 202 valence electrons. The summed E-state index contributed by atoms with van der Waals surface area (Å²) in [5.41, 5.74) is 4.16. The standard InChI is InChI=1S/C29H39N7O2/c1-20-9-10-21(2)27(31-22(3)17-20)35-14-11-29(12-15-35)28(37)36(16-13-30-29)19-25-23(18-34(4)33-25)24-7-6-8-26(32-24)38-5/h6-8,17-18,21,30H,3,9-16,19H2,1-2,4-5H3/b20-17-,31-27?. The number of hydrogen-bond acceptors (Lipinski definition) is 7. The lowest BCUT2D eigenvalue weighted by Crippen LogP contribution is -2.67. The van der Waals surface area contributed by atoms with E-state index < -0.39 is 5.54 Å². The van der Waals surface area contributed by atoms with Gasteiger partial charge in [-0.15, -0.1) is 0 Å². The van der Waals surface area contributed by atoms with Crippen LogP contribution in [0.4, 0.5) is 0 Å². The molecule has 0 saturated carbocycles. The Bertz CT molecular complexity index is 1270. The summed E-state index contributed by atoms with van der Waals surface area (Å²) in [6.07, 6.45) is 7.69. The van der Waals surface area contributed by atoms with Crippen LogP contribution < -0.4 is 10.1 Å². The van der Waals surface area contributed by atoms with Crippen molar-refractivity contribution in [3.05, 3.63) is 54.0 Å². The van der Waals surface area contributed by atoms with E-state index in [2.05, 4.69) is 41.7 Å². The van der Waals surface area contributed by atoms with Crippen molar-refractivity contribution in [3.63, 3.8) is 0 Å². The summed E-state index contributed by atoms with van der Waals surface area (Å²) in [5.74, 6) is 2.19. The molecule has 3 aliphatic heterocycles. The molecule has 5 heterocycles. The molecule has 38 heavy (non-hydrogen) atoms. The second-order valence-corrected chi connectivity index (χ2v) is 10.8. The lowest BCUT2D eigenvalue weighted by atomic mass is 9.83. The molecule has 0 aromatic carbocycles. The molecule has 5 rings (SSSR count). The monoisotopic (exact) mass is 517 g/mol. The largest absolute Gasteiger partial charge is 0.481 e. The predicted octanol–water partition coefficient (Wildman–Crippen LogP) is 3.55. The number of carbonyl (C=O) groups is 1. The number of piperidine rings is 1. The maximum Gasteiger partial charge on any atom is 0.243 e. The Balaban J connectivity index is 1.31. The van der Waals surface area contributed by atoms with E-state index in [1.165, 1.54) is 5.57 Å². The zero-order valence-corrected chi connectivity index (χ0v) is 23.0. The van der Waals surface area contributed by atoms with E-state index in [0.29, 0.717) is 24.9 Å². The van der Waals surface area contributed by atoms with Gasteiger partial charge in [0.25, 0.3) is 0 Å². The summed E-state index contributed by atoms with van der Waals surface area (Å²) < 4.78 is 7.10. The van der Waals surface area contributed by atoms with E-state index in [1.54, 1.807) is 11.8 Å². The van der Waals surface area contributed by atoms with E-state index in [0.717, 1.165) is 73.8 Å². The van der Waals surface area contributed by atoms with Crippen molar-refractivity contribution < 1.29 is 9.53 Å². The number of rotatable bonds is 4. The number of piperazine rings is 1. The number of ether oxygens (including phenoxy) is 1. The number of carbonyl (C=O) groups excluding carboxylic acids is 1. The average Bonchev–Trinajstić information content (AvgIpc) is 3.28. The van der Waals surface area contributed by atoms with Gasteiger partial charge in [-0.05, 0) is 44.7 Å². The van der Waals surface area contributed by atoms with Crippen LogP contribution in [0.3, 0.4) is 0 Å². The Kier molecular flexibility index (Phi) is 7.38. The fourth-order valence-corrected chi connectivity index (χ4v) is 5.90. The van der Waals surface area contributed by atoms with Crippen molar-refractivity contribution in [1.29, 1.82) is 0 Å². The van der Waals surface area contributed by atoms with E-state index in [-0.39, 0.29) is 5.91 Å². The van der Waals surface area contributed by atoms with Crippen molar-refractivity contribution in [2.75, 3.05) is 33.3 Å². The van der Waals surface area contributed by atoms with Crippen LogP contribution in [0.1, 0.15) is 45.2 Å². The Hall–Kier alpha value is -3.46. The molecule has 9 nitrogen and oxygen atoms in total. The van der Waals surface area contributed by atoms with Gasteiger partial charge >= 0.3 is 0 Å². The molecule has 0 bridgehead atoms. The molecule has 1 unspecified atom stereocenters. The maximum atomic E-state index is 13.9. The molecule has 0 aliphatic carbocycles. The highest BCUT2D eigenvalue weighted by molar-refractivity contribution is 5.89. The fourth-order valence-electron chi connectivity index (χ4n) is 5.90. The third-order valence-corrected chi connectivity index (χ3v) is 8.02. The molecule has 2 fully saturated rings. The molecule has 0 radical (unpaired) electrons. The molecule has 1 amide bonds. The molecule has 1 N–H and O–H groups in total. The summed E-state index contributed by atoms with van der Waals surface area (Å²) in [4.78, 5) is 27.7. The van der Waals surface area contributed by atoms with Gasteiger partial charge in [-0.3, -0.25) is 9.48 Å². The molecule has 2 aromatic rings. The normalized spacial score (nSPS) is 23.5. The quantitative estimate of drug-likeness (QED) is 0.668. The van der Waals surface area contributed by atoms with Gasteiger partial charge in [0, 0.05) is 57.0 Å². The zero-order chi connectivity index (χ0) is 26.9. The number of allylic oxidation sites excluding steroid dienone is 2. The van der Waals surface area contributed by atoms with Crippen molar-refractivity contribution >= 4 is 11.7 Å². The first-order valence-electron chi connectivity index (χ1n) is 13.6. The summed E-state index contributed by atoms with van der Waals surface area (Å²) in [5, 5.41) is 8.30. The Morgan fingerprint density at radius 1 is 1.24 bits per heavy atom. The average molecular weight is 518 g/mol. The molecule has 2 saturated heterocycles. The third-order valence-electron chi connectivity index (χ3n) is 8.02. The van der Waals surface area contributed by atoms with Crippen LogP contribution in [0.15, 0.2) is 53.3 Å². The van der Waals surface area contributed by atoms with E-state index in [4.69, 9.17) is 14.8 Å². The molecule has 3 aliphatic rings. The zero-order valence-electron chi connectivity index (χ0n) is 23.0. The molecular formula is C29H39N7O2. The van der Waals surface area contributed by atoms with Crippen LogP contribution in [-0.2, 0) is 18.4 Å². The summed E-state index contributed by atoms with van der Waals surface area (Å²) in [7, 11) is 3.51. The van der Waals surface area contributed by atoms with Gasteiger partial charge < -0.3 is 19.9 Å². The Morgan fingerprint density at radius 3 is 2.79 bits per heavy atom. The van der Waals surface area contributed by atoms with Gasteiger partial charge in [0.1, 0.15) is 11.4 Å². The molecular weight excluding hydrogens is 478 g/mol. The van der Waals surface area contributed by atoms with Gasteiger partial charge in [0.15, 0.2) is 0 Å². The minimum Gasteiger partial charge on any atom is -0.481 e. The number of hydrogen-bond donors (Lipinski definition) is 1. The number of pyridine rings is 1. The van der Waals surface area contributed by atoms with Gasteiger partial charge in [-0.2, -0.15) is 5.10 Å². The smallest absolute Gasteiger partial charge is 0.243 e. The Labute approximate surface area is 225 Å². The lowest BCUT2D eigenvalue weighted by molar-refractivity contribution is -0.144. The van der Waals surface area contributed by atoms with Crippen molar-refractivity contribution in [2.45, 2.75) is 51.6 Å². The summed E-state index contributed by atoms with van der Waals surface area (Å²) in [6.45, 7) is 12.0. The number of nitrogens with one attached hydrogen (secondary N) is 1. The highest BCUT2D eigenvalue weighted by atomic mass is 16.5.